The van der Waals surface area contributed by atoms with Crippen LogP contribution < -0.4 is 0 Å². The second-order valence-electron chi connectivity index (χ2n) is 12.6. The molecule has 1 aliphatic heterocycles. The fourth-order valence-electron chi connectivity index (χ4n) is 6.50. The minimum absolute atomic E-state index is 0. The summed E-state index contributed by atoms with van der Waals surface area (Å²) in [5.74, 6) is 0. The number of hydrogen-bond acceptors (Lipinski definition) is 0. The summed E-state index contributed by atoms with van der Waals surface area (Å²) in [4.78, 5) is 0. The summed E-state index contributed by atoms with van der Waals surface area (Å²) in [5.41, 5.74) is 25.0. The van der Waals surface area contributed by atoms with Crippen LogP contribution in [-0.4, -0.2) is 4.70 Å². The molecule has 0 saturated heterocycles. The van der Waals surface area contributed by atoms with Crippen LogP contribution in [-0.2, 0) is 42.2 Å². The van der Waals surface area contributed by atoms with Gasteiger partial charge < -0.3 is 19.4 Å². The van der Waals surface area contributed by atoms with Gasteiger partial charge in [0, 0.05) is 22.3 Å². The molecule has 0 aliphatic carbocycles. The van der Waals surface area contributed by atoms with E-state index in [1.165, 1.54) is 95.9 Å². The monoisotopic (exact) mass is 684 g/mol. The van der Waals surface area contributed by atoms with E-state index in [0.717, 1.165) is 75.6 Å². The van der Waals surface area contributed by atoms with Gasteiger partial charge in [-0.15, -0.1) is 0 Å². The molecule has 2 nitrogen and oxygen atoms in total. The summed E-state index contributed by atoms with van der Waals surface area (Å²) in [5, 5.41) is 0. The molecular formula is C44H70N2Ni. The minimum Gasteiger partial charge on any atom is -0.493 e. The molecule has 1 aliphatic rings. The van der Waals surface area contributed by atoms with Gasteiger partial charge in [-0.25, -0.2) is 4.70 Å². The zero-order chi connectivity index (χ0) is 34.3. The average Bonchev–Trinajstić information content (AvgIpc) is 3.38. The largest absolute Gasteiger partial charge is 2.00 e. The predicted octanol–water partition coefficient (Wildman–Crippen LogP) is 14.3. The molecule has 0 aromatic heterocycles. The van der Waals surface area contributed by atoms with Crippen LogP contribution in [0.4, 0.5) is 0 Å². The quantitative estimate of drug-likeness (QED) is 0.0574. The van der Waals surface area contributed by atoms with E-state index in [1.54, 1.807) is 18.5 Å². The SMILES string of the molecule is CCCCCCc1cc(CCCCCC)cc(C2=C(CCCC)C(CCCC)=C(c3cc(CC)cc(CC)c3)[N+]2=[N-])c1.[CH2-]C.[CH2-]C.[Ni+2]. The van der Waals surface area contributed by atoms with E-state index in [9.17, 15) is 5.53 Å². The first-order valence-electron chi connectivity index (χ1n) is 19.1. The van der Waals surface area contributed by atoms with Crippen molar-refractivity contribution >= 4 is 11.4 Å². The van der Waals surface area contributed by atoms with Gasteiger partial charge >= 0.3 is 16.5 Å². The number of hydrogen-bond donors (Lipinski definition) is 0. The van der Waals surface area contributed by atoms with Gasteiger partial charge in [-0.05, 0) is 111 Å². The molecule has 0 N–H and O–H groups in total. The fraction of sp³-hybridized carbons (Fsp3) is 0.591. The van der Waals surface area contributed by atoms with Crippen molar-refractivity contribution in [2.45, 2.75) is 171 Å². The summed E-state index contributed by atoms with van der Waals surface area (Å²) in [6.07, 6.45) is 21.1. The number of unbranched alkanes of at least 4 members (excludes halogenated alkanes) is 8. The Hall–Kier alpha value is -1.99. The fourth-order valence-corrected chi connectivity index (χ4v) is 6.50. The van der Waals surface area contributed by atoms with Gasteiger partial charge in [0.15, 0.2) is 0 Å². The molecule has 266 valence electrons. The maximum Gasteiger partial charge on any atom is 2.00 e. The van der Waals surface area contributed by atoms with Crippen molar-refractivity contribution in [2.24, 2.45) is 0 Å². The van der Waals surface area contributed by atoms with Crippen LogP contribution in [0.3, 0.4) is 0 Å². The molecule has 47 heavy (non-hydrogen) atoms. The third-order valence-electron chi connectivity index (χ3n) is 9.03. The van der Waals surface area contributed by atoms with Gasteiger partial charge in [0.25, 0.3) is 0 Å². The smallest absolute Gasteiger partial charge is 0.493 e. The molecule has 0 atom stereocenters. The number of aryl methyl sites for hydroxylation is 4. The Balaban J connectivity index is 0.00000407. The van der Waals surface area contributed by atoms with E-state index in [1.807, 2.05) is 0 Å². The van der Waals surface area contributed by atoms with Gasteiger partial charge in [-0.3, -0.25) is 0 Å². The van der Waals surface area contributed by atoms with Crippen LogP contribution in [0.1, 0.15) is 179 Å². The van der Waals surface area contributed by atoms with Gasteiger partial charge in [-0.1, -0.05) is 105 Å². The van der Waals surface area contributed by atoms with Crippen molar-refractivity contribution in [3.63, 3.8) is 0 Å². The molecule has 0 radical (unpaired) electrons. The predicted molar refractivity (Wildman–Crippen MR) is 206 cm³/mol. The normalized spacial score (nSPS) is 12.4. The molecule has 0 fully saturated rings. The van der Waals surface area contributed by atoms with E-state index in [-0.39, 0.29) is 16.5 Å². The molecule has 0 saturated carbocycles. The zero-order valence-corrected chi connectivity index (χ0v) is 32.8. The van der Waals surface area contributed by atoms with Crippen molar-refractivity contribution in [1.82, 2.24) is 0 Å². The van der Waals surface area contributed by atoms with Gasteiger partial charge in [-0.2, -0.15) is 13.8 Å². The van der Waals surface area contributed by atoms with E-state index >= 15 is 0 Å². The number of allylic oxidation sites excluding steroid dienone is 2. The van der Waals surface area contributed by atoms with Crippen LogP contribution in [0.2, 0.25) is 0 Å². The number of rotatable bonds is 20. The molecule has 0 bridgehead atoms. The molecule has 3 heteroatoms. The maximum atomic E-state index is 12.2. The Labute approximate surface area is 302 Å². The Bertz CT molecular complexity index is 1170. The molecule has 3 rings (SSSR count). The Kier molecular flexibility index (Phi) is 25.8. The van der Waals surface area contributed by atoms with Crippen molar-refractivity contribution in [2.75, 3.05) is 0 Å². The van der Waals surface area contributed by atoms with Crippen LogP contribution in [0.5, 0.6) is 0 Å². The van der Waals surface area contributed by atoms with E-state index in [2.05, 4.69) is 91.8 Å². The molecule has 1 heterocycles. The molecule has 2 aromatic carbocycles. The summed E-state index contributed by atoms with van der Waals surface area (Å²) >= 11 is 0. The van der Waals surface area contributed by atoms with Gasteiger partial charge in [0.2, 0.25) is 11.4 Å². The standard InChI is InChI=1S/C40H60N2.2C2H5.Ni/c1-7-13-17-19-21-33-26-34(22-20-18-14-8-2)30-36(29-33)40-38(24-16-10-4)37(23-15-9-3)39(42(40)41)35-27-31(11-5)25-32(12-6)28-35;2*1-2;/h25-30H,7-24H2,1-6H3;2*1H2,2H3;/q;2*-1;+2. The van der Waals surface area contributed by atoms with Crippen molar-refractivity contribution in [3.8, 4) is 0 Å². The van der Waals surface area contributed by atoms with Crippen LogP contribution in [0.15, 0.2) is 47.5 Å². The first-order valence-corrected chi connectivity index (χ1v) is 19.1. The van der Waals surface area contributed by atoms with E-state index < -0.39 is 0 Å². The first-order chi connectivity index (χ1) is 22.5. The van der Waals surface area contributed by atoms with Crippen molar-refractivity contribution in [1.29, 1.82) is 0 Å². The number of benzene rings is 2. The Morgan fingerprint density at radius 3 is 1.13 bits per heavy atom. The topological polar surface area (TPSA) is 25.3 Å². The minimum atomic E-state index is 0. The second kappa shape index (κ2) is 26.9. The van der Waals surface area contributed by atoms with Gasteiger partial charge in [0.05, 0.1) is 0 Å². The Morgan fingerprint density at radius 2 is 0.787 bits per heavy atom. The number of nitrogens with zero attached hydrogens (tertiary/aromatic N) is 2. The molecule has 0 spiro atoms. The Morgan fingerprint density at radius 1 is 0.447 bits per heavy atom. The summed E-state index contributed by atoms with van der Waals surface area (Å²) in [6, 6.07) is 14.3. The van der Waals surface area contributed by atoms with Crippen LogP contribution >= 0.6 is 0 Å². The van der Waals surface area contributed by atoms with Crippen molar-refractivity contribution in [3.05, 3.63) is 100 Å². The maximum absolute atomic E-state index is 12.2. The van der Waals surface area contributed by atoms with Crippen LogP contribution in [0.25, 0.3) is 16.9 Å². The summed E-state index contributed by atoms with van der Waals surface area (Å²) < 4.78 is 1.61. The molecule has 0 amide bonds. The summed E-state index contributed by atoms with van der Waals surface area (Å²) in [7, 11) is 0. The first kappa shape index (κ1) is 45.0. The second-order valence-corrected chi connectivity index (χ2v) is 12.6. The molecule has 0 unspecified atom stereocenters. The van der Waals surface area contributed by atoms with E-state index in [4.69, 9.17) is 0 Å². The van der Waals surface area contributed by atoms with E-state index in [0.29, 0.717) is 0 Å². The van der Waals surface area contributed by atoms with Crippen LogP contribution in [0, 0.1) is 13.8 Å². The average molecular weight is 686 g/mol. The van der Waals surface area contributed by atoms with Gasteiger partial charge in [0.1, 0.15) is 0 Å². The molecule has 2 aromatic rings. The summed E-state index contributed by atoms with van der Waals surface area (Å²) in [6.45, 7) is 23.6. The third kappa shape index (κ3) is 14.2. The van der Waals surface area contributed by atoms with Crippen molar-refractivity contribution < 1.29 is 21.2 Å². The third-order valence-corrected chi connectivity index (χ3v) is 9.03. The zero-order valence-electron chi connectivity index (χ0n) is 31.8. The molecular weight excluding hydrogens is 615 g/mol.